The minimum absolute atomic E-state index is 0.00848. The SMILES string of the molecule is NC(Cc1c(Cl)cccc1Cl)=NC(=O)c1cc(Br)ccc1OCC(=O)O. The number of carboxylic acids is 1. The maximum atomic E-state index is 12.5. The number of nitrogens with zero attached hydrogens (tertiary/aromatic N) is 1. The van der Waals surface area contributed by atoms with Crippen LogP contribution in [-0.4, -0.2) is 29.4 Å². The molecule has 2 rings (SSSR count). The molecule has 0 radical (unpaired) electrons. The Morgan fingerprint density at radius 2 is 1.85 bits per heavy atom. The molecule has 0 heterocycles. The Bertz CT molecular complexity index is 867. The van der Waals surface area contributed by atoms with Crippen LogP contribution in [-0.2, 0) is 11.2 Å². The first-order chi connectivity index (χ1) is 12.3. The van der Waals surface area contributed by atoms with E-state index in [1.165, 1.54) is 12.1 Å². The lowest BCUT2D eigenvalue weighted by molar-refractivity contribution is -0.139. The summed E-state index contributed by atoms with van der Waals surface area (Å²) in [5, 5.41) is 9.55. The summed E-state index contributed by atoms with van der Waals surface area (Å²) in [7, 11) is 0. The van der Waals surface area contributed by atoms with E-state index >= 15 is 0 Å². The molecule has 6 nitrogen and oxygen atoms in total. The van der Waals surface area contributed by atoms with Crippen LogP contribution in [0.15, 0.2) is 45.9 Å². The number of benzene rings is 2. The molecular weight excluding hydrogens is 447 g/mol. The number of aliphatic imine (C=N–C) groups is 1. The van der Waals surface area contributed by atoms with Gasteiger partial charge in [0.2, 0.25) is 0 Å². The molecule has 0 atom stereocenters. The highest BCUT2D eigenvalue weighted by Crippen LogP contribution is 2.26. The molecule has 0 aliphatic heterocycles. The first-order valence-corrected chi connectivity index (χ1v) is 8.77. The van der Waals surface area contributed by atoms with Crippen LogP contribution in [0.4, 0.5) is 0 Å². The molecule has 0 aromatic heterocycles. The minimum atomic E-state index is -1.16. The van der Waals surface area contributed by atoms with E-state index in [0.29, 0.717) is 20.1 Å². The number of amides is 1. The minimum Gasteiger partial charge on any atom is -0.481 e. The molecular formula is C17H13BrCl2N2O4. The highest BCUT2D eigenvalue weighted by atomic mass is 79.9. The predicted octanol–water partition coefficient (Wildman–Crippen LogP) is 3.96. The zero-order chi connectivity index (χ0) is 19.3. The van der Waals surface area contributed by atoms with Gasteiger partial charge in [-0.15, -0.1) is 0 Å². The van der Waals surface area contributed by atoms with Crippen molar-refractivity contribution in [1.29, 1.82) is 0 Å². The van der Waals surface area contributed by atoms with Gasteiger partial charge in [0, 0.05) is 20.9 Å². The van der Waals surface area contributed by atoms with Gasteiger partial charge in [0.15, 0.2) is 6.61 Å². The Balaban J connectivity index is 2.26. The van der Waals surface area contributed by atoms with Gasteiger partial charge in [-0.1, -0.05) is 45.2 Å². The third-order valence-corrected chi connectivity index (χ3v) is 4.39. The van der Waals surface area contributed by atoms with Crippen molar-refractivity contribution in [1.82, 2.24) is 0 Å². The molecule has 0 fully saturated rings. The number of carbonyl (C=O) groups is 2. The van der Waals surface area contributed by atoms with Crippen LogP contribution in [0.5, 0.6) is 5.75 Å². The lowest BCUT2D eigenvalue weighted by Crippen LogP contribution is -2.18. The standard InChI is InChI=1S/C17H13BrCl2N2O4/c18-9-4-5-14(26-8-16(23)24)11(6-9)17(25)22-15(21)7-10-12(19)2-1-3-13(10)20/h1-6H,7-8H2,(H,23,24)(H2,21,22,25). The zero-order valence-corrected chi connectivity index (χ0v) is 16.3. The molecule has 3 N–H and O–H groups in total. The number of hydrogen-bond donors (Lipinski definition) is 2. The Kier molecular flexibility index (Phi) is 7.02. The first-order valence-electron chi connectivity index (χ1n) is 7.22. The lowest BCUT2D eigenvalue weighted by Gasteiger charge is -2.09. The summed E-state index contributed by atoms with van der Waals surface area (Å²) in [6.07, 6.45) is 0.0869. The Hall–Kier alpha value is -2.09. The third kappa shape index (κ3) is 5.45. The number of ether oxygens (including phenoxy) is 1. The third-order valence-electron chi connectivity index (χ3n) is 3.19. The average molecular weight is 460 g/mol. The summed E-state index contributed by atoms with van der Waals surface area (Å²) in [5.74, 6) is -1.74. The maximum Gasteiger partial charge on any atom is 0.341 e. The number of carboxylic acid groups (broad SMARTS) is 1. The number of amidine groups is 1. The van der Waals surface area contributed by atoms with Crippen molar-refractivity contribution in [3.8, 4) is 5.75 Å². The smallest absolute Gasteiger partial charge is 0.341 e. The molecule has 9 heteroatoms. The lowest BCUT2D eigenvalue weighted by atomic mass is 10.1. The van der Waals surface area contributed by atoms with Crippen LogP contribution in [0.1, 0.15) is 15.9 Å². The molecule has 0 unspecified atom stereocenters. The fourth-order valence-electron chi connectivity index (χ4n) is 2.05. The largest absolute Gasteiger partial charge is 0.481 e. The predicted molar refractivity (Wildman–Crippen MR) is 103 cm³/mol. The summed E-state index contributed by atoms with van der Waals surface area (Å²) in [5.41, 5.74) is 6.49. The normalized spacial score (nSPS) is 11.3. The quantitative estimate of drug-likeness (QED) is 0.502. The van der Waals surface area contributed by atoms with Gasteiger partial charge in [-0.2, -0.15) is 4.99 Å². The fraction of sp³-hybridized carbons (Fsp3) is 0.118. The monoisotopic (exact) mass is 458 g/mol. The highest BCUT2D eigenvalue weighted by molar-refractivity contribution is 9.10. The van der Waals surface area contributed by atoms with Crippen LogP contribution in [0.3, 0.4) is 0 Å². The number of halogens is 3. The summed E-state index contributed by atoms with van der Waals surface area (Å²) in [4.78, 5) is 27.0. The van der Waals surface area contributed by atoms with Crippen LogP contribution in [0.25, 0.3) is 0 Å². The second-order valence-corrected chi connectivity index (χ2v) is 6.84. The van der Waals surface area contributed by atoms with Crippen molar-refractivity contribution >= 4 is 56.8 Å². The van der Waals surface area contributed by atoms with Crippen molar-refractivity contribution < 1.29 is 19.4 Å². The molecule has 0 saturated heterocycles. The molecule has 2 aromatic rings. The van der Waals surface area contributed by atoms with E-state index in [0.717, 1.165) is 0 Å². The maximum absolute atomic E-state index is 12.5. The van der Waals surface area contributed by atoms with Gasteiger partial charge < -0.3 is 15.6 Å². The number of carbonyl (C=O) groups excluding carboxylic acids is 1. The Morgan fingerprint density at radius 1 is 1.19 bits per heavy atom. The van der Waals surface area contributed by atoms with E-state index in [1.54, 1.807) is 24.3 Å². The van der Waals surface area contributed by atoms with E-state index in [1.807, 2.05) is 0 Å². The Labute approximate surface area is 167 Å². The highest BCUT2D eigenvalue weighted by Gasteiger charge is 2.15. The van der Waals surface area contributed by atoms with Gasteiger partial charge in [0.1, 0.15) is 11.6 Å². The molecule has 136 valence electrons. The summed E-state index contributed by atoms with van der Waals surface area (Å²) >= 11 is 15.4. The van der Waals surface area contributed by atoms with Crippen LogP contribution < -0.4 is 10.5 Å². The molecule has 1 amide bonds. The number of rotatable bonds is 6. The number of nitrogens with two attached hydrogens (primary N) is 1. The zero-order valence-electron chi connectivity index (χ0n) is 13.2. The van der Waals surface area contributed by atoms with Crippen LogP contribution in [0, 0.1) is 0 Å². The van der Waals surface area contributed by atoms with Gasteiger partial charge in [-0.25, -0.2) is 4.79 Å². The van der Waals surface area contributed by atoms with Crippen molar-refractivity contribution in [2.24, 2.45) is 10.7 Å². The van der Waals surface area contributed by atoms with Gasteiger partial charge in [0.05, 0.1) is 5.56 Å². The number of aliphatic carboxylic acids is 1. The fourth-order valence-corrected chi connectivity index (χ4v) is 2.94. The van der Waals surface area contributed by atoms with Crippen molar-refractivity contribution in [3.05, 3.63) is 62.0 Å². The molecule has 26 heavy (non-hydrogen) atoms. The summed E-state index contributed by atoms with van der Waals surface area (Å²) in [6, 6.07) is 9.56. The van der Waals surface area contributed by atoms with E-state index in [9.17, 15) is 9.59 Å². The molecule has 0 saturated carbocycles. The molecule has 0 aliphatic carbocycles. The Morgan fingerprint density at radius 3 is 2.46 bits per heavy atom. The molecule has 0 aliphatic rings. The topological polar surface area (TPSA) is 102 Å². The van der Waals surface area contributed by atoms with Crippen molar-refractivity contribution in [2.45, 2.75) is 6.42 Å². The van der Waals surface area contributed by atoms with Gasteiger partial charge in [-0.3, -0.25) is 4.79 Å². The van der Waals surface area contributed by atoms with E-state index < -0.39 is 18.5 Å². The molecule has 0 spiro atoms. The van der Waals surface area contributed by atoms with Gasteiger partial charge in [0.25, 0.3) is 5.91 Å². The summed E-state index contributed by atoms with van der Waals surface area (Å²) < 4.78 is 5.72. The van der Waals surface area contributed by atoms with Crippen LogP contribution >= 0.6 is 39.1 Å². The molecule has 0 bridgehead atoms. The van der Waals surface area contributed by atoms with Crippen molar-refractivity contribution in [2.75, 3.05) is 6.61 Å². The second kappa shape index (κ2) is 9.02. The van der Waals surface area contributed by atoms with Gasteiger partial charge >= 0.3 is 5.97 Å². The first kappa shape index (κ1) is 20.2. The van der Waals surface area contributed by atoms with E-state index in [-0.39, 0.29) is 23.6 Å². The van der Waals surface area contributed by atoms with E-state index in [4.69, 9.17) is 38.8 Å². The van der Waals surface area contributed by atoms with E-state index in [2.05, 4.69) is 20.9 Å². The van der Waals surface area contributed by atoms with Gasteiger partial charge in [-0.05, 0) is 35.9 Å². The average Bonchev–Trinajstić information content (AvgIpc) is 2.57. The molecule has 2 aromatic carbocycles. The second-order valence-electron chi connectivity index (χ2n) is 5.11. The summed E-state index contributed by atoms with van der Waals surface area (Å²) in [6.45, 7) is -0.587. The number of hydrogen-bond acceptors (Lipinski definition) is 3. The van der Waals surface area contributed by atoms with Crippen molar-refractivity contribution in [3.63, 3.8) is 0 Å². The van der Waals surface area contributed by atoms with Crippen LogP contribution in [0.2, 0.25) is 10.0 Å².